The highest BCUT2D eigenvalue weighted by molar-refractivity contribution is 7.11. The molecule has 4 heterocycles. The average molecular weight is 625 g/mol. The van der Waals surface area contributed by atoms with Gasteiger partial charge in [0.15, 0.2) is 10.8 Å². The molecule has 2 aromatic carbocycles. The molecule has 3 aromatic rings. The van der Waals surface area contributed by atoms with E-state index in [1.807, 2.05) is 39.4 Å². The van der Waals surface area contributed by atoms with Crippen molar-refractivity contribution in [1.82, 2.24) is 20.1 Å². The smallest absolute Gasteiger partial charge is 0.338 e. The standard InChI is InChI=1S/C30H30ClFN6O4S/c1-41-17-18-3-6-20(7-4-18)38-15-21-14-36(10-11-37(21)30(38)40)16-24-25(29(39)42-2)26(22-8-5-19(32)13-23(22)31)35-27(34-24)28-33-9-12-43-28/h3-9,12-13,21,26H,10-11,14-17H2,1-2H3,(H,34,35)/t21-,26-/m0/s1. The number of methoxy groups -OCH3 is 2. The zero-order valence-electron chi connectivity index (χ0n) is 23.6. The summed E-state index contributed by atoms with van der Waals surface area (Å²) in [6.45, 7) is 3.19. The van der Waals surface area contributed by atoms with Gasteiger partial charge in [0.1, 0.15) is 11.9 Å². The summed E-state index contributed by atoms with van der Waals surface area (Å²) in [5.41, 5.74) is 3.26. The summed E-state index contributed by atoms with van der Waals surface area (Å²) in [6.07, 6.45) is 1.68. The molecule has 0 aliphatic carbocycles. The molecule has 0 radical (unpaired) electrons. The van der Waals surface area contributed by atoms with E-state index < -0.39 is 17.8 Å². The molecule has 224 valence electrons. The van der Waals surface area contributed by atoms with Crippen LogP contribution in [0.3, 0.4) is 0 Å². The first-order chi connectivity index (χ1) is 20.9. The molecule has 43 heavy (non-hydrogen) atoms. The molecule has 0 bridgehead atoms. The first-order valence-electron chi connectivity index (χ1n) is 13.8. The molecule has 0 unspecified atom stereocenters. The number of urea groups is 1. The van der Waals surface area contributed by atoms with Crippen molar-refractivity contribution < 1.29 is 23.5 Å². The summed E-state index contributed by atoms with van der Waals surface area (Å²) in [5.74, 6) is -0.562. The van der Waals surface area contributed by atoms with E-state index in [4.69, 9.17) is 26.1 Å². The van der Waals surface area contributed by atoms with Gasteiger partial charge in [-0.3, -0.25) is 14.8 Å². The first-order valence-corrected chi connectivity index (χ1v) is 15.0. The van der Waals surface area contributed by atoms with Gasteiger partial charge in [0.05, 0.1) is 25.3 Å². The Balaban J connectivity index is 1.27. The second-order valence-electron chi connectivity index (χ2n) is 10.5. The molecule has 13 heteroatoms. The van der Waals surface area contributed by atoms with Crippen LogP contribution in [0.5, 0.6) is 0 Å². The van der Waals surface area contributed by atoms with Crippen molar-refractivity contribution in [3.8, 4) is 0 Å². The molecule has 10 nitrogen and oxygen atoms in total. The van der Waals surface area contributed by atoms with Crippen LogP contribution in [0.2, 0.25) is 5.02 Å². The number of rotatable bonds is 8. The number of piperazine rings is 1. The Kier molecular flexibility index (Phi) is 8.44. The van der Waals surface area contributed by atoms with Gasteiger partial charge in [-0.05, 0) is 29.8 Å². The minimum absolute atomic E-state index is 0.0152. The van der Waals surface area contributed by atoms with Crippen molar-refractivity contribution in [2.75, 3.05) is 51.8 Å². The number of amides is 2. The molecule has 3 aliphatic rings. The average Bonchev–Trinajstić information content (AvgIpc) is 3.66. The maximum Gasteiger partial charge on any atom is 0.338 e. The van der Waals surface area contributed by atoms with E-state index in [0.29, 0.717) is 67.0 Å². The van der Waals surface area contributed by atoms with Crippen LogP contribution < -0.4 is 10.2 Å². The van der Waals surface area contributed by atoms with Crippen LogP contribution in [0.15, 0.2) is 70.3 Å². The predicted molar refractivity (Wildman–Crippen MR) is 162 cm³/mol. The number of benzene rings is 2. The number of nitrogens with one attached hydrogen (secondary N) is 1. The van der Waals surface area contributed by atoms with Crippen LogP contribution in [0.25, 0.3) is 0 Å². The Labute approximate surface area is 257 Å². The third kappa shape index (κ3) is 5.87. The summed E-state index contributed by atoms with van der Waals surface area (Å²) >= 11 is 7.88. The molecule has 2 atom stereocenters. The maximum atomic E-state index is 14.0. The molecule has 2 saturated heterocycles. The van der Waals surface area contributed by atoms with Gasteiger partial charge in [0.25, 0.3) is 0 Å². The normalized spacial score (nSPS) is 20.7. The Bertz CT molecular complexity index is 1580. The number of thiazole rings is 1. The number of ether oxygens (including phenoxy) is 2. The van der Waals surface area contributed by atoms with Crippen LogP contribution >= 0.6 is 22.9 Å². The van der Waals surface area contributed by atoms with Gasteiger partial charge in [0, 0.05) is 73.4 Å². The Morgan fingerprint density at radius 2 is 1.98 bits per heavy atom. The summed E-state index contributed by atoms with van der Waals surface area (Å²) < 4.78 is 24.4. The van der Waals surface area contributed by atoms with Gasteiger partial charge in [0.2, 0.25) is 0 Å². The number of anilines is 1. The zero-order valence-corrected chi connectivity index (χ0v) is 25.2. The number of carbonyl (C=O) groups is 2. The molecule has 0 saturated carbocycles. The summed E-state index contributed by atoms with van der Waals surface area (Å²) in [4.78, 5) is 41.7. The van der Waals surface area contributed by atoms with Crippen molar-refractivity contribution in [3.05, 3.63) is 92.3 Å². The largest absolute Gasteiger partial charge is 0.466 e. The number of esters is 1. The van der Waals surface area contributed by atoms with Gasteiger partial charge in [-0.1, -0.05) is 29.8 Å². The van der Waals surface area contributed by atoms with Crippen LogP contribution in [-0.4, -0.2) is 85.6 Å². The Morgan fingerprint density at radius 3 is 2.67 bits per heavy atom. The Morgan fingerprint density at radius 1 is 1.16 bits per heavy atom. The van der Waals surface area contributed by atoms with Crippen molar-refractivity contribution in [1.29, 1.82) is 0 Å². The molecule has 1 aromatic heterocycles. The van der Waals surface area contributed by atoms with Crippen LogP contribution in [0.4, 0.5) is 14.9 Å². The lowest BCUT2D eigenvalue weighted by atomic mass is 9.95. The highest BCUT2D eigenvalue weighted by Crippen LogP contribution is 2.37. The maximum absolute atomic E-state index is 14.0. The number of halogens is 2. The van der Waals surface area contributed by atoms with E-state index >= 15 is 0 Å². The van der Waals surface area contributed by atoms with Crippen molar-refractivity contribution in [2.24, 2.45) is 4.99 Å². The zero-order chi connectivity index (χ0) is 30.1. The molecule has 3 aliphatic heterocycles. The third-order valence-corrected chi connectivity index (χ3v) is 8.91. The number of hydrogen-bond donors (Lipinski definition) is 1. The van der Waals surface area contributed by atoms with Crippen molar-refractivity contribution >= 4 is 46.5 Å². The molecule has 1 N–H and O–H groups in total. The quantitative estimate of drug-likeness (QED) is 0.375. The number of hydrogen-bond acceptors (Lipinski definition) is 9. The van der Waals surface area contributed by atoms with E-state index in [1.165, 1.54) is 36.6 Å². The van der Waals surface area contributed by atoms with Crippen molar-refractivity contribution in [2.45, 2.75) is 18.7 Å². The number of fused-ring (bicyclic) bond motifs is 1. The van der Waals surface area contributed by atoms with Crippen LogP contribution in [-0.2, 0) is 20.9 Å². The number of aliphatic imine (C=N–C) groups is 1. The molecule has 2 fully saturated rings. The fourth-order valence-electron chi connectivity index (χ4n) is 5.76. The van der Waals surface area contributed by atoms with E-state index in [0.717, 1.165) is 11.3 Å². The fraction of sp³-hybridized carbons (Fsp3) is 0.333. The summed E-state index contributed by atoms with van der Waals surface area (Å²) in [7, 11) is 2.97. The van der Waals surface area contributed by atoms with E-state index in [9.17, 15) is 14.0 Å². The predicted octanol–water partition coefficient (Wildman–Crippen LogP) is 4.23. The fourth-order valence-corrected chi connectivity index (χ4v) is 6.62. The first kappa shape index (κ1) is 29.2. The highest BCUT2D eigenvalue weighted by atomic mass is 35.5. The van der Waals surface area contributed by atoms with Gasteiger partial charge in [-0.25, -0.2) is 19.0 Å². The molecule has 2 amide bonds. The third-order valence-electron chi connectivity index (χ3n) is 7.80. The SMILES string of the molecule is COCc1ccc(N2C[C@@H]3CN(CC4=C(C(=O)OC)[C@H](c5ccc(F)cc5Cl)N=C(c5nccs5)N4)CCN3C2=O)cc1. The van der Waals surface area contributed by atoms with Gasteiger partial charge in [-0.2, -0.15) is 0 Å². The Hall–Kier alpha value is -3.84. The second-order valence-corrected chi connectivity index (χ2v) is 11.8. The van der Waals surface area contributed by atoms with Gasteiger partial charge < -0.3 is 19.7 Å². The van der Waals surface area contributed by atoms with Gasteiger partial charge >= 0.3 is 12.0 Å². The van der Waals surface area contributed by atoms with E-state index in [-0.39, 0.29) is 17.1 Å². The van der Waals surface area contributed by atoms with E-state index in [2.05, 4.69) is 15.2 Å². The molecular weight excluding hydrogens is 595 g/mol. The summed E-state index contributed by atoms with van der Waals surface area (Å²) in [5, 5.41) is 5.97. The minimum Gasteiger partial charge on any atom is -0.466 e. The van der Waals surface area contributed by atoms with E-state index in [1.54, 1.807) is 13.3 Å². The highest BCUT2D eigenvalue weighted by Gasteiger charge is 2.42. The lowest BCUT2D eigenvalue weighted by Crippen LogP contribution is -2.53. The topological polar surface area (TPSA) is 99.6 Å². The summed E-state index contributed by atoms with van der Waals surface area (Å²) in [6, 6.07) is 11.0. The number of carbonyl (C=O) groups excluding carboxylic acids is 2. The second kappa shape index (κ2) is 12.4. The van der Waals surface area contributed by atoms with Crippen molar-refractivity contribution in [3.63, 3.8) is 0 Å². The molecule has 0 spiro atoms. The number of aromatic nitrogens is 1. The van der Waals surface area contributed by atoms with Crippen LogP contribution in [0, 0.1) is 5.82 Å². The lowest BCUT2D eigenvalue weighted by molar-refractivity contribution is -0.136. The number of nitrogens with zero attached hydrogens (tertiary/aromatic N) is 5. The monoisotopic (exact) mass is 624 g/mol. The van der Waals surface area contributed by atoms with Gasteiger partial charge in [-0.15, -0.1) is 11.3 Å². The van der Waals surface area contributed by atoms with Crippen LogP contribution in [0.1, 0.15) is 22.2 Å². The lowest BCUT2D eigenvalue weighted by Gasteiger charge is -2.38. The number of amidine groups is 1. The molecular formula is C30H30ClFN6O4S. The minimum atomic E-state index is -0.832. The molecule has 6 rings (SSSR count).